The molecule has 0 bridgehead atoms. The number of carbonyl (C=O) groups is 1. The molecular weight excluding hydrogens is 232 g/mol. The summed E-state index contributed by atoms with van der Waals surface area (Å²) in [4.78, 5) is 15.3. The maximum Gasteiger partial charge on any atom is 0.246 e. The van der Waals surface area contributed by atoms with Crippen LogP contribution in [0.3, 0.4) is 0 Å². The number of carbonyl (C=O) groups excluding carboxylic acids is 1. The van der Waals surface area contributed by atoms with Gasteiger partial charge in [0.1, 0.15) is 11.9 Å². The fourth-order valence-electron chi connectivity index (χ4n) is 2.10. The molecule has 2 rings (SSSR count). The van der Waals surface area contributed by atoms with E-state index in [1.807, 2.05) is 0 Å². The zero-order chi connectivity index (χ0) is 13.0. The highest BCUT2D eigenvalue weighted by Crippen LogP contribution is 2.15. The van der Waals surface area contributed by atoms with Gasteiger partial charge in [-0.25, -0.2) is 0 Å². The van der Waals surface area contributed by atoms with E-state index in [4.69, 9.17) is 4.42 Å². The SMILES string of the molecule is C=CC(=O)N1CCN(CC(O)c2ccco2)CC1. The molecule has 0 aliphatic carbocycles. The van der Waals surface area contributed by atoms with Crippen molar-refractivity contribution in [1.82, 2.24) is 9.80 Å². The molecule has 1 saturated heterocycles. The normalized spacial score (nSPS) is 18.6. The standard InChI is InChI=1S/C13H18N2O3/c1-2-13(17)15-7-5-14(6-8-15)10-11(16)12-4-3-9-18-12/h2-4,9,11,16H,1,5-8,10H2. The predicted octanol–water partition coefficient (Wildman–Crippen LogP) is 0.643. The van der Waals surface area contributed by atoms with Crippen LogP contribution in [0, 0.1) is 0 Å². The first-order valence-corrected chi connectivity index (χ1v) is 6.06. The maximum absolute atomic E-state index is 11.4. The number of hydrogen-bond acceptors (Lipinski definition) is 4. The van der Waals surface area contributed by atoms with Crippen LogP contribution in [0.4, 0.5) is 0 Å². The fraction of sp³-hybridized carbons (Fsp3) is 0.462. The number of hydrogen-bond donors (Lipinski definition) is 1. The summed E-state index contributed by atoms with van der Waals surface area (Å²) in [6.45, 7) is 6.89. The number of aliphatic hydroxyl groups is 1. The molecule has 5 nitrogen and oxygen atoms in total. The molecule has 1 aromatic rings. The molecule has 1 aromatic heterocycles. The zero-order valence-corrected chi connectivity index (χ0v) is 10.3. The summed E-state index contributed by atoms with van der Waals surface area (Å²) < 4.78 is 5.16. The van der Waals surface area contributed by atoms with Gasteiger partial charge in [0.2, 0.25) is 5.91 Å². The van der Waals surface area contributed by atoms with Crippen molar-refractivity contribution >= 4 is 5.91 Å². The second-order valence-corrected chi connectivity index (χ2v) is 4.36. The second-order valence-electron chi connectivity index (χ2n) is 4.36. The lowest BCUT2D eigenvalue weighted by Gasteiger charge is -2.34. The van der Waals surface area contributed by atoms with Gasteiger partial charge in [0, 0.05) is 32.7 Å². The maximum atomic E-state index is 11.4. The molecule has 1 fully saturated rings. The van der Waals surface area contributed by atoms with Crippen LogP contribution in [-0.2, 0) is 4.79 Å². The summed E-state index contributed by atoms with van der Waals surface area (Å²) in [5.74, 6) is 0.556. The lowest BCUT2D eigenvalue weighted by molar-refractivity contribution is -0.127. The minimum atomic E-state index is -0.610. The molecule has 5 heteroatoms. The van der Waals surface area contributed by atoms with E-state index < -0.39 is 6.10 Å². The van der Waals surface area contributed by atoms with Gasteiger partial charge in [0.15, 0.2) is 0 Å². The summed E-state index contributed by atoms with van der Waals surface area (Å²) in [5.41, 5.74) is 0. The Morgan fingerprint density at radius 1 is 1.50 bits per heavy atom. The van der Waals surface area contributed by atoms with Gasteiger partial charge in [-0.1, -0.05) is 6.58 Å². The Balaban J connectivity index is 1.80. The summed E-state index contributed by atoms with van der Waals surface area (Å²) in [6.07, 6.45) is 2.29. The van der Waals surface area contributed by atoms with Crippen molar-refractivity contribution in [1.29, 1.82) is 0 Å². The number of β-amino-alcohol motifs (C(OH)–C–C–N with tert-alkyl or cyclic N) is 1. The number of amides is 1. The molecular formula is C13H18N2O3. The Labute approximate surface area is 106 Å². The molecule has 18 heavy (non-hydrogen) atoms. The number of furan rings is 1. The van der Waals surface area contributed by atoms with Crippen molar-refractivity contribution < 1.29 is 14.3 Å². The molecule has 1 amide bonds. The lowest BCUT2D eigenvalue weighted by atomic mass is 10.2. The highest BCUT2D eigenvalue weighted by molar-refractivity contribution is 5.87. The van der Waals surface area contributed by atoms with E-state index in [0.29, 0.717) is 25.4 Å². The van der Waals surface area contributed by atoms with Crippen molar-refractivity contribution in [3.05, 3.63) is 36.8 Å². The first-order chi connectivity index (χ1) is 8.70. The summed E-state index contributed by atoms with van der Waals surface area (Å²) in [6, 6.07) is 3.53. The first kappa shape index (κ1) is 12.9. The largest absolute Gasteiger partial charge is 0.467 e. The van der Waals surface area contributed by atoms with Gasteiger partial charge < -0.3 is 14.4 Å². The molecule has 2 heterocycles. The number of nitrogens with zero attached hydrogens (tertiary/aromatic N) is 2. The van der Waals surface area contributed by atoms with Gasteiger partial charge in [0.25, 0.3) is 0 Å². The van der Waals surface area contributed by atoms with Crippen LogP contribution < -0.4 is 0 Å². The highest BCUT2D eigenvalue weighted by atomic mass is 16.4. The van der Waals surface area contributed by atoms with Crippen molar-refractivity contribution in [2.24, 2.45) is 0 Å². The van der Waals surface area contributed by atoms with Crippen molar-refractivity contribution in [3.63, 3.8) is 0 Å². The summed E-state index contributed by atoms with van der Waals surface area (Å²) in [5, 5.41) is 9.95. The van der Waals surface area contributed by atoms with Crippen LogP contribution in [-0.4, -0.2) is 53.5 Å². The van der Waals surface area contributed by atoms with E-state index in [-0.39, 0.29) is 5.91 Å². The van der Waals surface area contributed by atoms with Gasteiger partial charge >= 0.3 is 0 Å². The van der Waals surface area contributed by atoms with Crippen molar-refractivity contribution in [3.8, 4) is 0 Å². The molecule has 1 N–H and O–H groups in total. The first-order valence-electron chi connectivity index (χ1n) is 6.06. The molecule has 1 atom stereocenters. The number of rotatable bonds is 4. The van der Waals surface area contributed by atoms with Gasteiger partial charge in [-0.2, -0.15) is 0 Å². The molecule has 1 aliphatic rings. The molecule has 0 spiro atoms. The molecule has 0 saturated carbocycles. The van der Waals surface area contributed by atoms with Gasteiger partial charge in [0.05, 0.1) is 6.26 Å². The van der Waals surface area contributed by atoms with Crippen molar-refractivity contribution in [2.45, 2.75) is 6.10 Å². The van der Waals surface area contributed by atoms with E-state index in [1.54, 1.807) is 23.3 Å². The van der Waals surface area contributed by atoms with E-state index in [9.17, 15) is 9.90 Å². The van der Waals surface area contributed by atoms with Gasteiger partial charge in [-0.15, -0.1) is 0 Å². The third-order valence-electron chi connectivity index (χ3n) is 3.16. The predicted molar refractivity (Wildman–Crippen MR) is 66.9 cm³/mol. The van der Waals surface area contributed by atoms with Crippen LogP contribution in [0.2, 0.25) is 0 Å². The van der Waals surface area contributed by atoms with Crippen LogP contribution in [0.1, 0.15) is 11.9 Å². The quantitative estimate of drug-likeness (QED) is 0.797. The topological polar surface area (TPSA) is 56.9 Å². The second kappa shape index (κ2) is 5.84. The van der Waals surface area contributed by atoms with Crippen LogP contribution in [0.15, 0.2) is 35.5 Å². The molecule has 0 radical (unpaired) electrons. The third-order valence-corrected chi connectivity index (χ3v) is 3.16. The Hall–Kier alpha value is -1.59. The fourth-order valence-corrected chi connectivity index (χ4v) is 2.10. The lowest BCUT2D eigenvalue weighted by Crippen LogP contribution is -2.49. The Morgan fingerprint density at radius 2 is 2.22 bits per heavy atom. The zero-order valence-electron chi connectivity index (χ0n) is 10.3. The minimum absolute atomic E-state index is 0.0266. The van der Waals surface area contributed by atoms with E-state index in [1.165, 1.54) is 6.08 Å². The number of piperazine rings is 1. The Morgan fingerprint density at radius 3 is 2.78 bits per heavy atom. The third kappa shape index (κ3) is 3.00. The van der Waals surface area contributed by atoms with Crippen molar-refractivity contribution in [2.75, 3.05) is 32.7 Å². The molecule has 1 unspecified atom stereocenters. The van der Waals surface area contributed by atoms with E-state index in [0.717, 1.165) is 13.1 Å². The molecule has 0 aromatic carbocycles. The van der Waals surface area contributed by atoms with Crippen LogP contribution in [0.25, 0.3) is 0 Å². The van der Waals surface area contributed by atoms with E-state index in [2.05, 4.69) is 11.5 Å². The van der Waals surface area contributed by atoms with Crippen LogP contribution >= 0.6 is 0 Å². The van der Waals surface area contributed by atoms with Gasteiger partial charge in [-0.3, -0.25) is 9.69 Å². The smallest absolute Gasteiger partial charge is 0.246 e. The minimum Gasteiger partial charge on any atom is -0.467 e. The summed E-state index contributed by atoms with van der Waals surface area (Å²) >= 11 is 0. The molecule has 98 valence electrons. The Bertz CT molecular complexity index is 394. The Kier molecular flexibility index (Phi) is 4.17. The highest BCUT2D eigenvalue weighted by Gasteiger charge is 2.22. The van der Waals surface area contributed by atoms with Gasteiger partial charge in [-0.05, 0) is 18.2 Å². The average Bonchev–Trinajstić information content (AvgIpc) is 2.92. The number of aliphatic hydroxyl groups excluding tert-OH is 1. The molecule has 1 aliphatic heterocycles. The van der Waals surface area contributed by atoms with Crippen LogP contribution in [0.5, 0.6) is 0 Å². The van der Waals surface area contributed by atoms with E-state index >= 15 is 0 Å². The summed E-state index contributed by atoms with van der Waals surface area (Å²) in [7, 11) is 0. The average molecular weight is 250 g/mol. The monoisotopic (exact) mass is 250 g/mol.